The first kappa shape index (κ1) is 12.5. The van der Waals surface area contributed by atoms with Crippen LogP contribution >= 0.6 is 0 Å². The molecule has 1 aliphatic rings. The summed E-state index contributed by atoms with van der Waals surface area (Å²) in [5.41, 5.74) is 0. The fourth-order valence-electron chi connectivity index (χ4n) is 1.72. The van der Waals surface area contributed by atoms with E-state index in [4.69, 9.17) is 10.4 Å². The topological polar surface area (TPSA) is 81.4 Å². The predicted molar refractivity (Wildman–Crippen MR) is 56.3 cm³/mol. The number of nitriles is 1. The van der Waals surface area contributed by atoms with Gasteiger partial charge in [-0.05, 0) is 20.3 Å². The number of carbonyl (C=O) groups excluding carboxylic acids is 1. The third-order valence-electron chi connectivity index (χ3n) is 2.83. The molecule has 1 fully saturated rings. The minimum Gasteiger partial charge on any atom is -0.481 e. The Hall–Kier alpha value is -1.57. The van der Waals surface area contributed by atoms with Crippen LogP contribution in [-0.4, -0.2) is 35.0 Å². The van der Waals surface area contributed by atoms with Crippen LogP contribution in [0.1, 0.15) is 20.3 Å². The minimum absolute atomic E-state index is 0.128. The van der Waals surface area contributed by atoms with Gasteiger partial charge in [-0.3, -0.25) is 9.59 Å². The van der Waals surface area contributed by atoms with E-state index >= 15 is 0 Å². The molecule has 0 saturated heterocycles. The van der Waals surface area contributed by atoms with E-state index in [1.807, 2.05) is 6.92 Å². The van der Waals surface area contributed by atoms with Gasteiger partial charge in [-0.2, -0.15) is 5.26 Å². The molecule has 0 aromatic heterocycles. The first-order valence-electron chi connectivity index (χ1n) is 5.42. The molecule has 88 valence electrons. The number of carbonyl (C=O) groups is 2. The van der Waals surface area contributed by atoms with Crippen LogP contribution in [0.2, 0.25) is 0 Å². The molecule has 0 aromatic carbocycles. The molecule has 3 atom stereocenters. The van der Waals surface area contributed by atoms with Gasteiger partial charge in [0.15, 0.2) is 0 Å². The van der Waals surface area contributed by atoms with Crippen LogP contribution in [0, 0.1) is 29.1 Å². The first-order valence-corrected chi connectivity index (χ1v) is 5.42. The highest BCUT2D eigenvalue weighted by atomic mass is 16.4. The fourth-order valence-corrected chi connectivity index (χ4v) is 1.72. The van der Waals surface area contributed by atoms with Crippen molar-refractivity contribution in [1.82, 2.24) is 4.90 Å². The normalized spacial score (nSPS) is 24.3. The highest BCUT2D eigenvalue weighted by Crippen LogP contribution is 2.40. The Labute approximate surface area is 94.7 Å². The van der Waals surface area contributed by atoms with Gasteiger partial charge in [-0.25, -0.2) is 0 Å². The number of rotatable bonds is 5. The molecule has 0 bridgehead atoms. The van der Waals surface area contributed by atoms with Crippen molar-refractivity contribution in [3.63, 3.8) is 0 Å². The largest absolute Gasteiger partial charge is 0.481 e. The number of nitrogens with zero attached hydrogens (tertiary/aromatic N) is 2. The average Bonchev–Trinajstić information content (AvgIpc) is 3.04. The van der Waals surface area contributed by atoms with E-state index < -0.39 is 11.9 Å². The molecule has 3 unspecified atom stereocenters. The summed E-state index contributed by atoms with van der Waals surface area (Å²) in [7, 11) is 0. The number of hydrogen-bond acceptors (Lipinski definition) is 3. The van der Waals surface area contributed by atoms with Gasteiger partial charge in [0.05, 0.1) is 23.8 Å². The van der Waals surface area contributed by atoms with E-state index in [1.54, 1.807) is 11.8 Å². The van der Waals surface area contributed by atoms with Crippen LogP contribution in [0.15, 0.2) is 0 Å². The smallest absolute Gasteiger partial charge is 0.307 e. The number of carboxylic acids is 1. The Morgan fingerprint density at radius 2 is 2.19 bits per heavy atom. The van der Waals surface area contributed by atoms with Gasteiger partial charge < -0.3 is 10.0 Å². The van der Waals surface area contributed by atoms with Crippen molar-refractivity contribution in [2.24, 2.45) is 17.8 Å². The van der Waals surface area contributed by atoms with Gasteiger partial charge >= 0.3 is 5.97 Å². The molecule has 1 amide bonds. The summed E-state index contributed by atoms with van der Waals surface area (Å²) in [5.74, 6) is -2.13. The van der Waals surface area contributed by atoms with Gasteiger partial charge in [0.1, 0.15) is 0 Å². The van der Waals surface area contributed by atoms with Crippen LogP contribution in [0.25, 0.3) is 0 Å². The maximum Gasteiger partial charge on any atom is 0.307 e. The summed E-state index contributed by atoms with van der Waals surface area (Å²) in [6, 6.07) is 2.07. The molecule has 0 aliphatic heterocycles. The Bertz CT molecular complexity index is 335. The lowest BCUT2D eigenvalue weighted by atomic mass is 10.2. The van der Waals surface area contributed by atoms with Crippen LogP contribution in [0.3, 0.4) is 0 Å². The molecular formula is C11H16N2O3. The SMILES string of the molecule is CCN(CC(C)C#N)C(=O)C1CC1C(=O)O. The van der Waals surface area contributed by atoms with Gasteiger partial charge in [0.25, 0.3) is 0 Å². The molecule has 0 spiro atoms. The third kappa shape index (κ3) is 2.72. The van der Waals surface area contributed by atoms with E-state index in [-0.39, 0.29) is 17.7 Å². The second-order valence-corrected chi connectivity index (χ2v) is 4.19. The molecule has 1 aliphatic carbocycles. The predicted octanol–water partition coefficient (Wildman–Crippen LogP) is 0.715. The minimum atomic E-state index is -0.900. The summed E-state index contributed by atoms with van der Waals surface area (Å²) in [5, 5.41) is 17.4. The van der Waals surface area contributed by atoms with E-state index in [2.05, 4.69) is 6.07 Å². The van der Waals surface area contributed by atoms with Crippen molar-refractivity contribution in [3.05, 3.63) is 0 Å². The maximum atomic E-state index is 11.9. The summed E-state index contributed by atoms with van der Waals surface area (Å²) in [6.45, 7) is 4.49. The fraction of sp³-hybridized carbons (Fsp3) is 0.727. The molecule has 0 radical (unpaired) electrons. The van der Waals surface area contributed by atoms with Crippen LogP contribution in [0.4, 0.5) is 0 Å². The van der Waals surface area contributed by atoms with Crippen molar-refractivity contribution in [3.8, 4) is 6.07 Å². The van der Waals surface area contributed by atoms with Crippen molar-refractivity contribution in [2.75, 3.05) is 13.1 Å². The molecule has 16 heavy (non-hydrogen) atoms. The van der Waals surface area contributed by atoms with E-state index in [9.17, 15) is 9.59 Å². The lowest BCUT2D eigenvalue weighted by Gasteiger charge is -2.21. The second-order valence-electron chi connectivity index (χ2n) is 4.19. The zero-order valence-corrected chi connectivity index (χ0v) is 9.51. The van der Waals surface area contributed by atoms with E-state index in [0.29, 0.717) is 19.5 Å². The molecule has 0 aromatic rings. The van der Waals surface area contributed by atoms with Crippen molar-refractivity contribution in [1.29, 1.82) is 5.26 Å². The third-order valence-corrected chi connectivity index (χ3v) is 2.83. The monoisotopic (exact) mass is 224 g/mol. The first-order chi connectivity index (χ1) is 7.51. The van der Waals surface area contributed by atoms with Crippen molar-refractivity contribution >= 4 is 11.9 Å². The Morgan fingerprint density at radius 1 is 1.56 bits per heavy atom. The quantitative estimate of drug-likeness (QED) is 0.745. The molecule has 1 rings (SSSR count). The summed E-state index contributed by atoms with van der Waals surface area (Å²) >= 11 is 0. The average molecular weight is 224 g/mol. The highest BCUT2D eigenvalue weighted by molar-refractivity contribution is 5.89. The Kier molecular flexibility index (Phi) is 3.88. The van der Waals surface area contributed by atoms with Gasteiger partial charge in [0.2, 0.25) is 5.91 Å². The summed E-state index contributed by atoms with van der Waals surface area (Å²) in [4.78, 5) is 24.1. The zero-order chi connectivity index (χ0) is 12.3. The maximum absolute atomic E-state index is 11.9. The second kappa shape index (κ2) is 4.97. The van der Waals surface area contributed by atoms with Crippen LogP contribution < -0.4 is 0 Å². The Morgan fingerprint density at radius 3 is 2.56 bits per heavy atom. The summed E-state index contributed by atoms with van der Waals surface area (Å²) < 4.78 is 0. The molecular weight excluding hydrogens is 208 g/mol. The lowest BCUT2D eigenvalue weighted by Crippen LogP contribution is -2.36. The molecule has 1 N–H and O–H groups in total. The van der Waals surface area contributed by atoms with Crippen LogP contribution in [0.5, 0.6) is 0 Å². The molecule has 5 heteroatoms. The van der Waals surface area contributed by atoms with E-state index in [0.717, 1.165) is 0 Å². The number of hydrogen-bond donors (Lipinski definition) is 1. The Balaban J connectivity index is 2.52. The van der Waals surface area contributed by atoms with Crippen LogP contribution in [-0.2, 0) is 9.59 Å². The standard InChI is InChI=1S/C11H16N2O3/c1-3-13(6-7(2)5-12)10(14)8-4-9(8)11(15)16/h7-9H,3-4,6H2,1-2H3,(H,15,16). The number of carboxylic acid groups (broad SMARTS) is 1. The lowest BCUT2D eigenvalue weighted by molar-refractivity contribution is -0.142. The summed E-state index contributed by atoms with van der Waals surface area (Å²) in [6.07, 6.45) is 0.436. The molecule has 5 nitrogen and oxygen atoms in total. The number of amides is 1. The van der Waals surface area contributed by atoms with E-state index in [1.165, 1.54) is 0 Å². The zero-order valence-electron chi connectivity index (χ0n) is 9.51. The van der Waals surface area contributed by atoms with Gasteiger partial charge in [0, 0.05) is 13.1 Å². The van der Waals surface area contributed by atoms with Crippen molar-refractivity contribution in [2.45, 2.75) is 20.3 Å². The van der Waals surface area contributed by atoms with Crippen molar-refractivity contribution < 1.29 is 14.7 Å². The van der Waals surface area contributed by atoms with Gasteiger partial charge in [-0.15, -0.1) is 0 Å². The molecule has 0 heterocycles. The molecule has 1 saturated carbocycles. The number of aliphatic carboxylic acids is 1. The highest BCUT2D eigenvalue weighted by Gasteiger charge is 2.49. The van der Waals surface area contributed by atoms with Gasteiger partial charge in [-0.1, -0.05) is 0 Å².